The van der Waals surface area contributed by atoms with Crippen molar-refractivity contribution in [2.24, 2.45) is 0 Å². The summed E-state index contributed by atoms with van der Waals surface area (Å²) in [5, 5.41) is 6.32. The Hall–Kier alpha value is -1.52. The van der Waals surface area contributed by atoms with E-state index >= 15 is 0 Å². The number of nitrogens with zero attached hydrogens (tertiary/aromatic N) is 1. The standard InChI is InChI=1S/C16H18N2OS/c19-14(9-13-7-4-8-17-13)10-16-18-15(11-20-16)12-5-2-1-3-6-12/h1-3,5-6,11,13,17H,4,7-10H2. The second kappa shape index (κ2) is 6.29. The van der Waals surface area contributed by atoms with Gasteiger partial charge in [0.15, 0.2) is 0 Å². The van der Waals surface area contributed by atoms with Crippen LogP contribution in [0, 0.1) is 0 Å². The van der Waals surface area contributed by atoms with Crippen LogP contribution in [0.15, 0.2) is 35.7 Å². The molecule has 1 fully saturated rings. The predicted octanol–water partition coefficient (Wildman–Crippen LogP) is 3.06. The molecule has 1 aromatic heterocycles. The van der Waals surface area contributed by atoms with Crippen molar-refractivity contribution in [2.45, 2.75) is 31.7 Å². The maximum absolute atomic E-state index is 12.0. The first-order chi connectivity index (χ1) is 9.81. The number of benzene rings is 1. The lowest BCUT2D eigenvalue weighted by atomic mass is 10.1. The molecule has 0 aliphatic carbocycles. The van der Waals surface area contributed by atoms with Gasteiger partial charge in [-0.1, -0.05) is 30.3 Å². The van der Waals surface area contributed by atoms with Gasteiger partial charge in [0, 0.05) is 23.4 Å². The minimum atomic E-state index is 0.290. The number of carbonyl (C=O) groups excluding carboxylic acids is 1. The maximum Gasteiger partial charge on any atom is 0.141 e. The highest BCUT2D eigenvalue weighted by molar-refractivity contribution is 7.10. The lowest BCUT2D eigenvalue weighted by Gasteiger charge is -2.07. The predicted molar refractivity (Wildman–Crippen MR) is 81.9 cm³/mol. The molecule has 0 radical (unpaired) electrons. The molecule has 2 heterocycles. The fourth-order valence-electron chi connectivity index (χ4n) is 2.58. The van der Waals surface area contributed by atoms with E-state index in [0.717, 1.165) is 29.2 Å². The molecular weight excluding hydrogens is 268 g/mol. The molecule has 1 unspecified atom stereocenters. The molecule has 104 valence electrons. The normalized spacial score (nSPS) is 18.3. The fraction of sp³-hybridized carbons (Fsp3) is 0.375. The van der Waals surface area contributed by atoms with Crippen LogP contribution in [0.2, 0.25) is 0 Å². The van der Waals surface area contributed by atoms with Crippen LogP contribution in [0.5, 0.6) is 0 Å². The molecule has 20 heavy (non-hydrogen) atoms. The molecule has 1 atom stereocenters. The SMILES string of the molecule is O=C(Cc1nc(-c2ccccc2)cs1)CC1CCCN1. The average Bonchev–Trinajstić information content (AvgIpc) is 3.11. The van der Waals surface area contributed by atoms with Crippen molar-refractivity contribution in [3.63, 3.8) is 0 Å². The zero-order valence-electron chi connectivity index (χ0n) is 11.3. The zero-order valence-corrected chi connectivity index (χ0v) is 12.2. The summed E-state index contributed by atoms with van der Waals surface area (Å²) in [5.74, 6) is 0.290. The minimum Gasteiger partial charge on any atom is -0.314 e. The number of aromatic nitrogens is 1. The Kier molecular flexibility index (Phi) is 4.23. The molecule has 0 bridgehead atoms. The number of Topliss-reactive ketones (excluding diaryl/α,β-unsaturated/α-hetero) is 1. The van der Waals surface area contributed by atoms with Crippen molar-refractivity contribution < 1.29 is 4.79 Å². The number of hydrogen-bond donors (Lipinski definition) is 1. The molecule has 0 amide bonds. The quantitative estimate of drug-likeness (QED) is 0.918. The first-order valence-corrected chi connectivity index (χ1v) is 7.94. The summed E-state index contributed by atoms with van der Waals surface area (Å²) in [5.41, 5.74) is 2.08. The monoisotopic (exact) mass is 286 g/mol. The van der Waals surface area contributed by atoms with Crippen LogP contribution in [0.4, 0.5) is 0 Å². The highest BCUT2D eigenvalue weighted by Gasteiger charge is 2.18. The first-order valence-electron chi connectivity index (χ1n) is 7.06. The minimum absolute atomic E-state index is 0.290. The van der Waals surface area contributed by atoms with Gasteiger partial charge in [-0.25, -0.2) is 4.98 Å². The summed E-state index contributed by atoms with van der Waals surface area (Å²) >= 11 is 1.58. The molecule has 1 aliphatic heterocycles. The van der Waals surface area contributed by atoms with E-state index < -0.39 is 0 Å². The largest absolute Gasteiger partial charge is 0.314 e. The van der Waals surface area contributed by atoms with Crippen molar-refractivity contribution in [1.29, 1.82) is 0 Å². The summed E-state index contributed by atoms with van der Waals surface area (Å²) in [6.45, 7) is 1.05. The van der Waals surface area contributed by atoms with Gasteiger partial charge in [-0.15, -0.1) is 11.3 Å². The van der Waals surface area contributed by atoms with E-state index in [9.17, 15) is 4.79 Å². The van der Waals surface area contributed by atoms with Gasteiger partial charge < -0.3 is 5.32 Å². The second-order valence-electron chi connectivity index (χ2n) is 5.21. The molecule has 3 nitrogen and oxygen atoms in total. The maximum atomic E-state index is 12.0. The topological polar surface area (TPSA) is 42.0 Å². The average molecular weight is 286 g/mol. The Morgan fingerprint density at radius 3 is 2.95 bits per heavy atom. The van der Waals surface area contributed by atoms with E-state index in [0.29, 0.717) is 24.7 Å². The Balaban J connectivity index is 1.61. The number of hydrogen-bond acceptors (Lipinski definition) is 4. The molecular formula is C16H18N2OS. The van der Waals surface area contributed by atoms with Crippen molar-refractivity contribution in [3.05, 3.63) is 40.7 Å². The molecule has 1 aliphatic rings. The summed E-state index contributed by atoms with van der Waals surface area (Å²) in [6.07, 6.45) is 3.42. The smallest absolute Gasteiger partial charge is 0.141 e. The van der Waals surface area contributed by atoms with Crippen LogP contribution >= 0.6 is 11.3 Å². The summed E-state index contributed by atoms with van der Waals surface area (Å²) < 4.78 is 0. The van der Waals surface area contributed by atoms with Crippen LogP contribution in [0.3, 0.4) is 0 Å². The van der Waals surface area contributed by atoms with E-state index in [-0.39, 0.29) is 0 Å². The fourth-order valence-corrected chi connectivity index (χ4v) is 3.41. The molecule has 3 rings (SSSR count). The lowest BCUT2D eigenvalue weighted by molar-refractivity contribution is -0.118. The Morgan fingerprint density at radius 2 is 2.20 bits per heavy atom. The Labute approximate surface area is 123 Å². The van der Waals surface area contributed by atoms with Gasteiger partial charge in [0.25, 0.3) is 0 Å². The zero-order chi connectivity index (χ0) is 13.8. The van der Waals surface area contributed by atoms with Gasteiger partial charge in [-0.2, -0.15) is 0 Å². The third-order valence-corrected chi connectivity index (χ3v) is 4.45. The van der Waals surface area contributed by atoms with Crippen molar-refractivity contribution >= 4 is 17.1 Å². The number of carbonyl (C=O) groups is 1. The summed E-state index contributed by atoms with van der Waals surface area (Å²) in [6, 6.07) is 10.5. The van der Waals surface area contributed by atoms with Crippen LogP contribution < -0.4 is 5.32 Å². The van der Waals surface area contributed by atoms with Crippen molar-refractivity contribution in [1.82, 2.24) is 10.3 Å². The van der Waals surface area contributed by atoms with Gasteiger partial charge in [-0.05, 0) is 19.4 Å². The molecule has 1 saturated heterocycles. The molecule has 0 saturated carbocycles. The van der Waals surface area contributed by atoms with Crippen LogP contribution in [-0.2, 0) is 11.2 Å². The molecule has 2 aromatic rings. The third kappa shape index (κ3) is 3.32. The van der Waals surface area contributed by atoms with Crippen LogP contribution in [0.25, 0.3) is 11.3 Å². The number of nitrogens with one attached hydrogen (secondary N) is 1. The highest BCUT2D eigenvalue weighted by Crippen LogP contribution is 2.22. The van der Waals surface area contributed by atoms with Gasteiger partial charge in [0.1, 0.15) is 10.8 Å². The van der Waals surface area contributed by atoms with Gasteiger partial charge in [0.05, 0.1) is 12.1 Å². The van der Waals surface area contributed by atoms with Crippen molar-refractivity contribution in [3.8, 4) is 11.3 Å². The van der Waals surface area contributed by atoms with Crippen LogP contribution in [-0.4, -0.2) is 23.4 Å². The van der Waals surface area contributed by atoms with E-state index in [4.69, 9.17) is 0 Å². The highest BCUT2D eigenvalue weighted by atomic mass is 32.1. The van der Waals surface area contributed by atoms with E-state index in [1.165, 1.54) is 6.42 Å². The number of rotatable bonds is 5. The summed E-state index contributed by atoms with van der Waals surface area (Å²) in [7, 11) is 0. The first kappa shape index (κ1) is 13.5. The van der Waals surface area contributed by atoms with E-state index in [1.807, 2.05) is 35.7 Å². The van der Waals surface area contributed by atoms with E-state index in [2.05, 4.69) is 10.3 Å². The summed E-state index contributed by atoms with van der Waals surface area (Å²) in [4.78, 5) is 16.6. The number of thiazole rings is 1. The Bertz CT molecular complexity index is 573. The molecule has 1 aromatic carbocycles. The van der Waals surface area contributed by atoms with Gasteiger partial charge in [-0.3, -0.25) is 4.79 Å². The Morgan fingerprint density at radius 1 is 1.35 bits per heavy atom. The lowest BCUT2D eigenvalue weighted by Crippen LogP contribution is -2.25. The van der Waals surface area contributed by atoms with Crippen LogP contribution in [0.1, 0.15) is 24.3 Å². The van der Waals surface area contributed by atoms with Gasteiger partial charge in [0.2, 0.25) is 0 Å². The van der Waals surface area contributed by atoms with E-state index in [1.54, 1.807) is 11.3 Å². The van der Waals surface area contributed by atoms with Crippen molar-refractivity contribution in [2.75, 3.05) is 6.54 Å². The van der Waals surface area contributed by atoms with Gasteiger partial charge >= 0.3 is 0 Å². The molecule has 4 heteroatoms. The molecule has 0 spiro atoms. The number of ketones is 1. The second-order valence-corrected chi connectivity index (χ2v) is 6.15. The molecule has 1 N–H and O–H groups in total. The third-order valence-electron chi connectivity index (χ3n) is 3.61.